The van der Waals surface area contributed by atoms with Crippen molar-refractivity contribution < 1.29 is 5.11 Å². The zero-order chi connectivity index (χ0) is 19.0. The maximum atomic E-state index is 10.5. The first kappa shape index (κ1) is 18.4. The molecular formula is C22H17Cl2NOS. The van der Waals surface area contributed by atoms with Crippen LogP contribution in [0.1, 0.15) is 28.4 Å². The summed E-state index contributed by atoms with van der Waals surface area (Å²) in [6.07, 6.45) is 0.659. The van der Waals surface area contributed by atoms with Gasteiger partial charge in [0.25, 0.3) is 0 Å². The molecule has 3 aromatic rings. The SMILES string of the molecule is Cc1cc(O)c(C2=Nc3cccc(Cl)c3SC(c3ccccc3)C2)cc1Cl. The number of halogens is 2. The van der Waals surface area contributed by atoms with Gasteiger partial charge >= 0.3 is 0 Å². The fourth-order valence-electron chi connectivity index (χ4n) is 3.17. The Labute approximate surface area is 172 Å². The molecule has 2 nitrogen and oxygen atoms in total. The highest BCUT2D eigenvalue weighted by Crippen LogP contribution is 2.49. The topological polar surface area (TPSA) is 32.6 Å². The van der Waals surface area contributed by atoms with Gasteiger partial charge in [0.05, 0.1) is 21.3 Å². The number of benzene rings is 3. The van der Waals surface area contributed by atoms with E-state index in [1.54, 1.807) is 23.9 Å². The van der Waals surface area contributed by atoms with Crippen LogP contribution in [0.25, 0.3) is 0 Å². The Balaban J connectivity index is 1.88. The summed E-state index contributed by atoms with van der Waals surface area (Å²) in [7, 11) is 0. The van der Waals surface area contributed by atoms with Gasteiger partial charge in [0.1, 0.15) is 5.75 Å². The maximum absolute atomic E-state index is 10.5. The number of fused-ring (bicyclic) bond motifs is 1. The first-order chi connectivity index (χ1) is 13.0. The molecule has 0 saturated heterocycles. The van der Waals surface area contributed by atoms with Crippen LogP contribution in [0, 0.1) is 6.92 Å². The van der Waals surface area contributed by atoms with E-state index in [2.05, 4.69) is 12.1 Å². The predicted octanol–water partition coefficient (Wildman–Crippen LogP) is 7.37. The lowest BCUT2D eigenvalue weighted by Crippen LogP contribution is -2.06. The Hall–Kier alpha value is -1.94. The minimum absolute atomic E-state index is 0.130. The molecule has 1 atom stereocenters. The second-order valence-corrected chi connectivity index (χ2v) is 8.51. The number of aryl methyl sites for hydroxylation is 1. The van der Waals surface area contributed by atoms with Gasteiger partial charge in [-0.15, -0.1) is 11.8 Å². The Morgan fingerprint density at radius 3 is 2.56 bits per heavy atom. The van der Waals surface area contributed by atoms with Crippen molar-refractivity contribution >= 4 is 46.4 Å². The van der Waals surface area contributed by atoms with Gasteiger partial charge in [-0.3, -0.25) is 4.99 Å². The van der Waals surface area contributed by atoms with E-state index in [0.717, 1.165) is 21.9 Å². The summed E-state index contributed by atoms with van der Waals surface area (Å²) < 4.78 is 0. The summed E-state index contributed by atoms with van der Waals surface area (Å²) in [6.45, 7) is 1.87. The molecule has 0 amide bonds. The molecule has 1 aliphatic rings. The molecule has 1 aliphatic heterocycles. The normalized spacial score (nSPS) is 16.4. The summed E-state index contributed by atoms with van der Waals surface area (Å²) in [4.78, 5) is 5.83. The number of hydrogen-bond donors (Lipinski definition) is 1. The quantitative estimate of drug-likeness (QED) is 0.475. The molecule has 27 heavy (non-hydrogen) atoms. The molecule has 3 aromatic carbocycles. The van der Waals surface area contributed by atoms with Gasteiger partial charge < -0.3 is 5.11 Å². The number of aliphatic imine (C=N–C) groups is 1. The van der Waals surface area contributed by atoms with Gasteiger partial charge in [0, 0.05) is 22.3 Å². The number of hydrogen-bond acceptors (Lipinski definition) is 3. The van der Waals surface area contributed by atoms with Gasteiger partial charge in [-0.25, -0.2) is 0 Å². The van der Waals surface area contributed by atoms with Gasteiger partial charge in [0.2, 0.25) is 0 Å². The van der Waals surface area contributed by atoms with E-state index in [9.17, 15) is 5.11 Å². The Morgan fingerprint density at radius 2 is 1.78 bits per heavy atom. The van der Waals surface area contributed by atoms with Crippen LogP contribution < -0.4 is 0 Å². The van der Waals surface area contributed by atoms with Crippen molar-refractivity contribution in [3.05, 3.63) is 87.4 Å². The smallest absolute Gasteiger partial charge is 0.125 e. The van der Waals surface area contributed by atoms with Gasteiger partial charge in [-0.2, -0.15) is 0 Å². The fourth-order valence-corrected chi connectivity index (χ4v) is 4.87. The highest BCUT2D eigenvalue weighted by Gasteiger charge is 2.25. The van der Waals surface area contributed by atoms with Crippen molar-refractivity contribution in [1.29, 1.82) is 0 Å². The van der Waals surface area contributed by atoms with E-state index < -0.39 is 0 Å². The first-order valence-electron chi connectivity index (χ1n) is 8.60. The third-order valence-corrected chi connectivity index (χ3v) is 6.82. The molecule has 136 valence electrons. The average molecular weight is 414 g/mol. The summed E-state index contributed by atoms with van der Waals surface area (Å²) in [5, 5.41) is 12.0. The van der Waals surface area contributed by atoms with Crippen molar-refractivity contribution in [2.24, 2.45) is 4.99 Å². The Kier molecular flexibility index (Phi) is 5.18. The largest absolute Gasteiger partial charge is 0.507 e. The van der Waals surface area contributed by atoms with Crippen molar-refractivity contribution in [2.45, 2.75) is 23.5 Å². The Morgan fingerprint density at radius 1 is 1.00 bits per heavy atom. The maximum Gasteiger partial charge on any atom is 0.125 e. The molecule has 1 heterocycles. The first-order valence-corrected chi connectivity index (χ1v) is 10.2. The monoisotopic (exact) mass is 413 g/mol. The van der Waals surface area contributed by atoms with Crippen LogP contribution in [0.2, 0.25) is 10.0 Å². The zero-order valence-electron chi connectivity index (χ0n) is 14.6. The number of thioether (sulfide) groups is 1. The minimum atomic E-state index is 0.130. The lowest BCUT2D eigenvalue weighted by Gasteiger charge is -2.17. The van der Waals surface area contributed by atoms with Crippen LogP contribution in [0.15, 0.2) is 70.6 Å². The molecule has 1 N–H and O–H groups in total. The molecule has 4 rings (SSSR count). The molecule has 1 unspecified atom stereocenters. The molecule has 0 aromatic heterocycles. The van der Waals surface area contributed by atoms with Crippen LogP contribution in [0.3, 0.4) is 0 Å². The minimum Gasteiger partial charge on any atom is -0.507 e. The molecular weight excluding hydrogens is 397 g/mol. The summed E-state index contributed by atoms with van der Waals surface area (Å²) >= 11 is 14.5. The van der Waals surface area contributed by atoms with Gasteiger partial charge in [-0.05, 0) is 42.3 Å². The number of phenolic OH excluding ortho intramolecular Hbond substituents is 1. The molecule has 5 heteroatoms. The zero-order valence-corrected chi connectivity index (χ0v) is 16.9. The summed E-state index contributed by atoms with van der Waals surface area (Å²) in [5.41, 5.74) is 4.32. The van der Waals surface area contributed by atoms with Crippen LogP contribution in [-0.4, -0.2) is 10.8 Å². The van der Waals surface area contributed by atoms with Gasteiger partial charge in [-0.1, -0.05) is 59.6 Å². The second kappa shape index (κ2) is 7.59. The van der Waals surface area contributed by atoms with E-state index in [0.29, 0.717) is 22.0 Å². The summed E-state index contributed by atoms with van der Waals surface area (Å²) in [5.74, 6) is 0.193. The van der Waals surface area contributed by atoms with Crippen LogP contribution in [-0.2, 0) is 0 Å². The third kappa shape index (κ3) is 3.73. The Bertz CT molecular complexity index is 1030. The van der Waals surface area contributed by atoms with E-state index in [4.69, 9.17) is 28.2 Å². The molecule has 0 fully saturated rings. The van der Waals surface area contributed by atoms with Crippen molar-refractivity contribution in [3.8, 4) is 5.75 Å². The molecule has 0 spiro atoms. The van der Waals surface area contributed by atoms with E-state index in [1.807, 2.05) is 43.3 Å². The predicted molar refractivity (Wildman–Crippen MR) is 115 cm³/mol. The number of rotatable bonds is 2. The third-order valence-electron chi connectivity index (χ3n) is 4.60. The van der Waals surface area contributed by atoms with Crippen LogP contribution in [0.5, 0.6) is 5.75 Å². The van der Waals surface area contributed by atoms with Crippen LogP contribution >= 0.6 is 35.0 Å². The fraction of sp³-hybridized carbons (Fsp3) is 0.136. The average Bonchev–Trinajstić information content (AvgIpc) is 2.86. The lowest BCUT2D eigenvalue weighted by molar-refractivity contribution is 0.473. The standard InChI is InChI=1S/C22H17Cl2NOS/c1-13-10-20(26)15(11-17(13)24)19-12-21(14-6-3-2-4-7-14)27-22-16(23)8-5-9-18(22)25-19/h2-11,21,26H,12H2,1H3. The number of phenols is 1. The van der Waals surface area contributed by atoms with E-state index in [1.165, 1.54) is 5.56 Å². The number of nitrogens with zero attached hydrogens (tertiary/aromatic N) is 1. The molecule has 0 radical (unpaired) electrons. The van der Waals surface area contributed by atoms with Gasteiger partial charge in [0.15, 0.2) is 0 Å². The van der Waals surface area contributed by atoms with Crippen molar-refractivity contribution in [2.75, 3.05) is 0 Å². The van der Waals surface area contributed by atoms with E-state index >= 15 is 0 Å². The lowest BCUT2D eigenvalue weighted by atomic mass is 9.99. The summed E-state index contributed by atoms with van der Waals surface area (Å²) in [6, 6.07) is 19.5. The highest BCUT2D eigenvalue weighted by atomic mass is 35.5. The second-order valence-electron chi connectivity index (χ2n) is 6.49. The van der Waals surface area contributed by atoms with E-state index in [-0.39, 0.29) is 11.0 Å². The highest BCUT2D eigenvalue weighted by molar-refractivity contribution is 7.99. The molecule has 0 saturated carbocycles. The molecule has 0 aliphatic carbocycles. The van der Waals surface area contributed by atoms with Crippen molar-refractivity contribution in [3.63, 3.8) is 0 Å². The van der Waals surface area contributed by atoms with Crippen molar-refractivity contribution in [1.82, 2.24) is 0 Å². The van der Waals surface area contributed by atoms with Crippen LogP contribution in [0.4, 0.5) is 5.69 Å². The molecule has 0 bridgehead atoms. The number of aromatic hydroxyl groups is 1.